The zero-order valence-electron chi connectivity index (χ0n) is 15.9. The van der Waals surface area contributed by atoms with Gasteiger partial charge in [0.2, 0.25) is 5.91 Å². The third-order valence-corrected chi connectivity index (χ3v) is 6.35. The maximum Gasteiger partial charge on any atom is 0.252 e. The summed E-state index contributed by atoms with van der Waals surface area (Å²) in [6.45, 7) is 2.05. The van der Waals surface area contributed by atoms with Gasteiger partial charge >= 0.3 is 0 Å². The van der Waals surface area contributed by atoms with Gasteiger partial charge in [-0.1, -0.05) is 48.7 Å². The number of piperazine rings is 1. The van der Waals surface area contributed by atoms with Crippen LogP contribution in [0.3, 0.4) is 0 Å². The van der Waals surface area contributed by atoms with Gasteiger partial charge in [-0.2, -0.15) is 0 Å². The van der Waals surface area contributed by atoms with Gasteiger partial charge in [0.05, 0.1) is 5.02 Å². The van der Waals surface area contributed by atoms with Gasteiger partial charge in [0.1, 0.15) is 12.6 Å². The number of benzene rings is 1. The van der Waals surface area contributed by atoms with Crippen molar-refractivity contribution in [2.45, 2.75) is 38.8 Å². The summed E-state index contributed by atoms with van der Waals surface area (Å²) in [5, 5.41) is 0.738. The number of hydrogen-bond donors (Lipinski definition) is 0. The van der Waals surface area contributed by atoms with E-state index < -0.39 is 11.9 Å². The normalized spacial score (nSPS) is 21.3. The predicted octanol–water partition coefficient (Wildman–Crippen LogP) is 4.46. The lowest BCUT2D eigenvalue weighted by Crippen LogP contribution is -2.66. The number of nitrogens with zero attached hydrogens (tertiary/aromatic N) is 3. The number of pyridine rings is 1. The Hall–Kier alpha value is -2.18. The highest BCUT2D eigenvalue weighted by molar-refractivity contribution is 6.30. The van der Waals surface area contributed by atoms with E-state index in [2.05, 4.69) is 4.98 Å². The van der Waals surface area contributed by atoms with E-state index in [-0.39, 0.29) is 34.6 Å². The molecule has 5 nitrogen and oxygen atoms in total. The van der Waals surface area contributed by atoms with Gasteiger partial charge in [-0.05, 0) is 42.0 Å². The van der Waals surface area contributed by atoms with Crippen LogP contribution in [0.2, 0.25) is 10.0 Å². The Kier molecular flexibility index (Phi) is 5.25. The highest BCUT2D eigenvalue weighted by Crippen LogP contribution is 2.47. The topological polar surface area (TPSA) is 53.5 Å². The Labute approximate surface area is 178 Å². The summed E-state index contributed by atoms with van der Waals surface area (Å²) in [6, 6.07) is 7.62. The maximum absolute atomic E-state index is 14.5. The molecule has 1 saturated heterocycles. The summed E-state index contributed by atoms with van der Waals surface area (Å²) < 4.78 is 14.5. The summed E-state index contributed by atoms with van der Waals surface area (Å²) >= 11 is 11.7. The van der Waals surface area contributed by atoms with Crippen molar-refractivity contribution >= 4 is 40.8 Å². The zero-order chi connectivity index (χ0) is 20.8. The second-order valence-corrected chi connectivity index (χ2v) is 8.81. The van der Waals surface area contributed by atoms with Crippen LogP contribution in [0.25, 0.3) is 0 Å². The lowest BCUT2D eigenvalue weighted by atomic mass is 9.64. The molecule has 1 aromatic heterocycles. The molecule has 152 valence electrons. The molecule has 0 radical (unpaired) electrons. The van der Waals surface area contributed by atoms with E-state index in [1.165, 1.54) is 6.20 Å². The molecule has 1 aromatic carbocycles. The van der Waals surface area contributed by atoms with Gasteiger partial charge in [0.25, 0.3) is 5.91 Å². The lowest BCUT2D eigenvalue weighted by Gasteiger charge is -2.52. The fraction of sp³-hybridized carbons (Fsp3) is 0.381. The van der Waals surface area contributed by atoms with E-state index in [1.807, 2.05) is 19.1 Å². The van der Waals surface area contributed by atoms with E-state index in [4.69, 9.17) is 23.2 Å². The molecular weight excluding hydrogens is 416 g/mol. The maximum atomic E-state index is 14.5. The Morgan fingerprint density at radius 2 is 1.86 bits per heavy atom. The van der Waals surface area contributed by atoms with Gasteiger partial charge < -0.3 is 4.90 Å². The summed E-state index contributed by atoms with van der Waals surface area (Å²) in [5.41, 5.74) is 0.536. The van der Waals surface area contributed by atoms with Gasteiger partial charge in [0, 0.05) is 17.8 Å². The zero-order valence-corrected chi connectivity index (χ0v) is 17.4. The van der Waals surface area contributed by atoms with E-state index in [1.54, 1.807) is 17.0 Å². The lowest BCUT2D eigenvalue weighted by molar-refractivity contribution is -0.152. The van der Waals surface area contributed by atoms with Crippen LogP contribution in [0.5, 0.6) is 0 Å². The number of hydrogen-bond acceptors (Lipinski definition) is 3. The Morgan fingerprint density at radius 1 is 1.17 bits per heavy atom. The van der Waals surface area contributed by atoms with E-state index in [0.717, 1.165) is 35.8 Å². The quantitative estimate of drug-likeness (QED) is 0.711. The van der Waals surface area contributed by atoms with Crippen LogP contribution < -0.4 is 4.90 Å². The smallest absolute Gasteiger partial charge is 0.252 e. The first-order valence-electron chi connectivity index (χ1n) is 9.45. The second kappa shape index (κ2) is 7.58. The molecule has 8 heteroatoms. The number of halogens is 3. The third kappa shape index (κ3) is 3.71. The Morgan fingerprint density at radius 3 is 2.45 bits per heavy atom. The fourth-order valence-corrected chi connectivity index (χ4v) is 4.43. The molecule has 2 aromatic rings. The summed E-state index contributed by atoms with van der Waals surface area (Å²) in [7, 11) is 0. The average Bonchev–Trinajstić information content (AvgIpc) is 2.65. The van der Waals surface area contributed by atoms with E-state index in [9.17, 15) is 14.0 Å². The first-order chi connectivity index (χ1) is 13.8. The van der Waals surface area contributed by atoms with Crippen LogP contribution in [0, 0.1) is 11.2 Å². The van der Waals surface area contributed by atoms with Crippen LogP contribution in [0.15, 0.2) is 36.5 Å². The van der Waals surface area contributed by atoms with Crippen molar-refractivity contribution in [3.8, 4) is 0 Å². The summed E-state index contributed by atoms with van der Waals surface area (Å²) in [4.78, 5) is 33.3. The molecule has 2 heterocycles. The number of rotatable bonds is 4. The molecule has 0 spiro atoms. The minimum atomic E-state index is -0.720. The van der Waals surface area contributed by atoms with Crippen molar-refractivity contribution in [1.82, 2.24) is 9.88 Å². The Balaban J connectivity index is 1.69. The molecule has 2 aliphatic rings. The van der Waals surface area contributed by atoms with Crippen LogP contribution in [-0.2, 0) is 16.1 Å². The first kappa shape index (κ1) is 20.1. The average molecular weight is 436 g/mol. The van der Waals surface area contributed by atoms with E-state index in [0.29, 0.717) is 11.6 Å². The molecule has 0 N–H and O–H groups in total. The van der Waals surface area contributed by atoms with Gasteiger partial charge in [-0.15, -0.1) is 0 Å². The molecule has 1 unspecified atom stereocenters. The number of anilines is 1. The van der Waals surface area contributed by atoms with Crippen LogP contribution in [0.1, 0.15) is 31.7 Å². The van der Waals surface area contributed by atoms with Gasteiger partial charge in [0.15, 0.2) is 11.6 Å². The van der Waals surface area contributed by atoms with Gasteiger partial charge in [-0.3, -0.25) is 14.5 Å². The molecule has 1 atom stereocenters. The molecule has 2 amide bonds. The van der Waals surface area contributed by atoms with Crippen LogP contribution in [0.4, 0.5) is 10.2 Å². The SMILES string of the molecule is CC1(C2C(=O)N(c3ncc(Cl)cc3F)CC(=O)N2Cc2ccc(Cl)cc2)CCC1. The van der Waals surface area contributed by atoms with E-state index >= 15 is 0 Å². The molecule has 1 aliphatic carbocycles. The number of aromatic nitrogens is 1. The molecular formula is C21H20Cl2FN3O2. The fourth-order valence-electron chi connectivity index (χ4n) is 4.16. The molecule has 0 bridgehead atoms. The van der Waals surface area contributed by atoms with Crippen molar-refractivity contribution in [3.63, 3.8) is 0 Å². The summed E-state index contributed by atoms with van der Waals surface area (Å²) in [5.74, 6) is -1.43. The minimum absolute atomic E-state index is 0.133. The standard InChI is InChI=1S/C21H20Cl2FN3O2/c1-21(7-2-8-21)18-20(29)27(19-16(24)9-15(23)10-25-19)12-17(28)26(18)11-13-3-5-14(22)6-4-13/h3-6,9-10,18H,2,7-8,11-12H2,1H3. The molecule has 2 fully saturated rings. The molecule has 1 saturated carbocycles. The predicted molar refractivity (Wildman–Crippen MR) is 109 cm³/mol. The number of amides is 2. The number of carbonyl (C=O) groups excluding carboxylic acids is 2. The minimum Gasteiger partial charge on any atom is -0.324 e. The summed E-state index contributed by atoms with van der Waals surface area (Å²) in [6.07, 6.45) is 3.94. The highest BCUT2D eigenvalue weighted by Gasteiger charge is 2.52. The van der Waals surface area contributed by atoms with Crippen LogP contribution in [-0.4, -0.2) is 34.3 Å². The van der Waals surface area contributed by atoms with Crippen LogP contribution >= 0.6 is 23.2 Å². The van der Waals surface area contributed by atoms with Crippen molar-refractivity contribution < 1.29 is 14.0 Å². The monoisotopic (exact) mass is 435 g/mol. The Bertz CT molecular complexity index is 963. The van der Waals surface area contributed by atoms with Crippen molar-refractivity contribution in [3.05, 3.63) is 58.0 Å². The molecule has 4 rings (SSSR count). The molecule has 1 aliphatic heterocycles. The van der Waals surface area contributed by atoms with Gasteiger partial charge in [-0.25, -0.2) is 9.37 Å². The second-order valence-electron chi connectivity index (χ2n) is 7.94. The van der Waals surface area contributed by atoms with Crippen molar-refractivity contribution in [2.75, 3.05) is 11.4 Å². The van der Waals surface area contributed by atoms with Crippen molar-refractivity contribution in [2.24, 2.45) is 5.41 Å². The number of carbonyl (C=O) groups is 2. The molecule has 29 heavy (non-hydrogen) atoms. The third-order valence-electron chi connectivity index (χ3n) is 5.89. The first-order valence-corrected chi connectivity index (χ1v) is 10.2. The highest BCUT2D eigenvalue weighted by atomic mass is 35.5. The van der Waals surface area contributed by atoms with Crippen molar-refractivity contribution in [1.29, 1.82) is 0 Å². The largest absolute Gasteiger partial charge is 0.324 e.